The van der Waals surface area contributed by atoms with Gasteiger partial charge in [-0.05, 0) is 18.2 Å². The van der Waals surface area contributed by atoms with Gasteiger partial charge in [0.25, 0.3) is 5.89 Å². The van der Waals surface area contributed by atoms with Crippen molar-refractivity contribution in [3.8, 4) is 11.6 Å². The second-order valence-corrected chi connectivity index (χ2v) is 8.37. The van der Waals surface area contributed by atoms with Gasteiger partial charge in [-0.25, -0.2) is 14.6 Å². The Kier molecular flexibility index (Phi) is 4.50. The van der Waals surface area contributed by atoms with Gasteiger partial charge in [0.15, 0.2) is 0 Å². The molecule has 0 bridgehead atoms. The third kappa shape index (κ3) is 3.28. The average molecular weight is 468 g/mol. The Hall–Kier alpha value is -4.00. The molecule has 6 rings (SSSR count). The zero-order valence-corrected chi connectivity index (χ0v) is 17.5. The number of rotatable bonds is 4. The van der Waals surface area contributed by atoms with Crippen LogP contribution in [0, 0.1) is 0 Å². The number of halogens is 2. The molecule has 1 atom stereocenters. The summed E-state index contributed by atoms with van der Waals surface area (Å²) in [6.07, 6.45) is 3.27. The first kappa shape index (κ1) is 19.7. The summed E-state index contributed by atoms with van der Waals surface area (Å²) in [6.45, 7) is -2.42. The highest BCUT2D eigenvalue weighted by Crippen LogP contribution is 2.38. The maximum Gasteiger partial charge on any atom is 0.333 e. The number of hydrogen-bond acceptors (Lipinski definition) is 8. The molecule has 4 aromatic heterocycles. The predicted molar refractivity (Wildman–Crippen MR) is 112 cm³/mol. The van der Waals surface area contributed by atoms with E-state index in [9.17, 15) is 13.6 Å². The number of carbonyl (C=O) groups is 1. The van der Waals surface area contributed by atoms with Gasteiger partial charge in [0.2, 0.25) is 0 Å². The van der Waals surface area contributed by atoms with Gasteiger partial charge in [-0.15, -0.1) is 21.5 Å². The standard InChI is InChI=1S/C20H14F2N8O2S/c21-20(22)30-8-6-12(28-30)16-26-27-17(32-16)19(31)29-7-5-11-14(24-9-23-11)15(29)18-25-10-3-1-2-4-13(10)33-18/h1-4,6,8-9,15,20H,5,7H2,(H,23,24)/t15-/m0/s1. The van der Waals surface area contributed by atoms with Crippen molar-refractivity contribution in [3.63, 3.8) is 0 Å². The summed E-state index contributed by atoms with van der Waals surface area (Å²) in [5.74, 6) is -0.881. The second kappa shape index (κ2) is 7.55. The summed E-state index contributed by atoms with van der Waals surface area (Å²) in [4.78, 5) is 27.3. The first-order valence-electron chi connectivity index (χ1n) is 9.94. The van der Waals surface area contributed by atoms with Crippen molar-refractivity contribution in [2.75, 3.05) is 6.54 Å². The first-order chi connectivity index (χ1) is 16.1. The molecule has 0 unspecified atom stereocenters. The molecule has 0 radical (unpaired) electrons. The zero-order valence-electron chi connectivity index (χ0n) is 16.7. The number of benzene rings is 1. The van der Waals surface area contributed by atoms with Crippen LogP contribution < -0.4 is 0 Å². The monoisotopic (exact) mass is 468 g/mol. The molecule has 13 heteroatoms. The Morgan fingerprint density at radius 1 is 1.24 bits per heavy atom. The normalized spacial score (nSPS) is 16.0. The molecule has 0 spiro atoms. The number of aromatic amines is 1. The van der Waals surface area contributed by atoms with Gasteiger partial charge in [0.1, 0.15) is 16.7 Å². The number of fused-ring (bicyclic) bond motifs is 2. The fourth-order valence-electron chi connectivity index (χ4n) is 3.85. The van der Waals surface area contributed by atoms with Crippen molar-refractivity contribution in [1.29, 1.82) is 0 Å². The number of para-hydroxylation sites is 1. The van der Waals surface area contributed by atoms with E-state index >= 15 is 0 Å². The molecule has 1 aliphatic heterocycles. The summed E-state index contributed by atoms with van der Waals surface area (Å²) in [5.41, 5.74) is 2.54. The lowest BCUT2D eigenvalue weighted by atomic mass is 10.0. The summed E-state index contributed by atoms with van der Waals surface area (Å²) in [7, 11) is 0. The molecule has 5 aromatic rings. The number of thiazole rings is 1. The van der Waals surface area contributed by atoms with E-state index in [0.717, 1.165) is 22.1 Å². The van der Waals surface area contributed by atoms with Crippen molar-refractivity contribution >= 4 is 27.5 Å². The summed E-state index contributed by atoms with van der Waals surface area (Å²) in [5, 5.41) is 12.1. The quantitative estimate of drug-likeness (QED) is 0.429. The number of hydrogen-bond donors (Lipinski definition) is 1. The Balaban J connectivity index is 1.36. The van der Waals surface area contributed by atoms with Crippen molar-refractivity contribution in [2.24, 2.45) is 0 Å². The lowest BCUT2D eigenvalue weighted by Crippen LogP contribution is -2.41. The molecule has 0 fully saturated rings. The van der Waals surface area contributed by atoms with Crippen molar-refractivity contribution < 1.29 is 18.0 Å². The first-order valence-corrected chi connectivity index (χ1v) is 10.8. The highest BCUT2D eigenvalue weighted by Gasteiger charge is 2.38. The number of alkyl halides is 2. The Morgan fingerprint density at radius 3 is 2.94 bits per heavy atom. The molecule has 1 aromatic carbocycles. The topological polar surface area (TPSA) is 119 Å². The van der Waals surface area contributed by atoms with Crippen LogP contribution in [0.25, 0.3) is 21.8 Å². The van der Waals surface area contributed by atoms with Crippen LogP contribution in [0.5, 0.6) is 0 Å². The van der Waals surface area contributed by atoms with Gasteiger partial charge in [-0.1, -0.05) is 12.1 Å². The number of nitrogens with zero attached hydrogens (tertiary/aromatic N) is 7. The SMILES string of the molecule is O=C(c1nnc(-c2ccn(C(F)F)n2)o1)N1CCc2[nH]cnc2[C@H]1c1nc2ccccc2s1. The largest absolute Gasteiger partial charge is 0.411 e. The van der Waals surface area contributed by atoms with Crippen LogP contribution in [0.3, 0.4) is 0 Å². The van der Waals surface area contributed by atoms with Crippen LogP contribution >= 0.6 is 11.3 Å². The zero-order chi connectivity index (χ0) is 22.5. The Bertz CT molecular complexity index is 1440. The number of imidazole rings is 1. The van der Waals surface area contributed by atoms with Crippen LogP contribution in [0.15, 0.2) is 47.3 Å². The van der Waals surface area contributed by atoms with Gasteiger partial charge in [0, 0.05) is 24.9 Å². The van der Waals surface area contributed by atoms with E-state index in [1.165, 1.54) is 17.4 Å². The third-order valence-corrected chi connectivity index (χ3v) is 6.45. The van der Waals surface area contributed by atoms with Gasteiger partial charge in [0.05, 0.1) is 22.2 Å². The van der Waals surface area contributed by atoms with Gasteiger partial charge >= 0.3 is 18.3 Å². The van der Waals surface area contributed by atoms with Crippen LogP contribution in [-0.2, 0) is 6.42 Å². The van der Waals surface area contributed by atoms with E-state index in [-0.39, 0.29) is 17.5 Å². The van der Waals surface area contributed by atoms with Gasteiger partial charge in [-0.3, -0.25) is 4.79 Å². The van der Waals surface area contributed by atoms with Crippen LogP contribution in [0.2, 0.25) is 0 Å². The minimum absolute atomic E-state index is 0.0535. The van der Waals surface area contributed by atoms with Gasteiger partial charge in [-0.2, -0.15) is 13.9 Å². The molecule has 10 nitrogen and oxygen atoms in total. The van der Waals surface area contributed by atoms with Crippen LogP contribution in [0.4, 0.5) is 8.78 Å². The van der Waals surface area contributed by atoms with Crippen molar-refractivity contribution in [1.82, 2.24) is 39.8 Å². The summed E-state index contributed by atoms with van der Waals surface area (Å²) in [6, 6.07) is 8.51. The molecule has 0 saturated heterocycles. The molecule has 1 amide bonds. The molecule has 0 saturated carbocycles. The lowest BCUT2D eigenvalue weighted by molar-refractivity contribution is 0.0567. The lowest BCUT2D eigenvalue weighted by Gasteiger charge is -2.32. The molecule has 33 heavy (non-hydrogen) atoms. The number of amides is 1. The number of carbonyl (C=O) groups excluding carboxylic acids is 1. The molecular weight excluding hydrogens is 454 g/mol. The van der Waals surface area contributed by atoms with Crippen molar-refractivity contribution in [3.05, 3.63) is 65.1 Å². The average Bonchev–Trinajstić information content (AvgIpc) is 3.61. The number of H-pyrrole nitrogens is 1. The smallest absolute Gasteiger partial charge is 0.333 e. The maximum absolute atomic E-state index is 13.4. The highest BCUT2D eigenvalue weighted by molar-refractivity contribution is 7.18. The third-order valence-electron chi connectivity index (χ3n) is 5.37. The predicted octanol–water partition coefficient (Wildman–Crippen LogP) is 3.45. The van der Waals surface area contributed by atoms with E-state index in [1.807, 2.05) is 24.3 Å². The fraction of sp³-hybridized carbons (Fsp3) is 0.200. The minimum atomic E-state index is -2.80. The van der Waals surface area contributed by atoms with E-state index in [4.69, 9.17) is 9.40 Å². The Morgan fingerprint density at radius 2 is 2.12 bits per heavy atom. The molecule has 0 aliphatic carbocycles. The Labute approximate surface area is 187 Å². The van der Waals surface area contributed by atoms with E-state index < -0.39 is 18.5 Å². The summed E-state index contributed by atoms with van der Waals surface area (Å²) >= 11 is 1.49. The van der Waals surface area contributed by atoms with Crippen LogP contribution in [0.1, 0.15) is 39.7 Å². The van der Waals surface area contributed by atoms with E-state index in [0.29, 0.717) is 28.3 Å². The molecule has 1 aliphatic rings. The second-order valence-electron chi connectivity index (χ2n) is 7.31. The van der Waals surface area contributed by atoms with E-state index in [1.54, 1.807) is 11.2 Å². The summed E-state index contributed by atoms with van der Waals surface area (Å²) < 4.78 is 32.6. The number of aromatic nitrogens is 7. The molecular formula is C20H14F2N8O2S. The molecule has 166 valence electrons. The molecule has 1 N–H and O–H groups in total. The maximum atomic E-state index is 13.4. The van der Waals surface area contributed by atoms with Gasteiger partial charge < -0.3 is 14.3 Å². The van der Waals surface area contributed by atoms with Crippen LogP contribution in [-0.4, -0.2) is 52.3 Å². The van der Waals surface area contributed by atoms with Crippen molar-refractivity contribution in [2.45, 2.75) is 19.0 Å². The molecule has 5 heterocycles. The van der Waals surface area contributed by atoms with E-state index in [2.05, 4.69) is 25.3 Å². The fourth-order valence-corrected chi connectivity index (χ4v) is 4.93. The highest BCUT2D eigenvalue weighted by atomic mass is 32.1. The number of nitrogens with one attached hydrogen (secondary N) is 1. The minimum Gasteiger partial charge on any atom is -0.411 e.